The number of hydrogen-bond acceptors (Lipinski definition) is 4. The Balaban J connectivity index is 2.12. The second-order valence-electron chi connectivity index (χ2n) is 3.98. The first-order chi connectivity index (χ1) is 9.54. The lowest BCUT2D eigenvalue weighted by Crippen LogP contribution is -1.94. The van der Waals surface area contributed by atoms with Gasteiger partial charge in [0.25, 0.3) is 0 Å². The number of carboxylic acid groups (broad SMARTS) is 1. The van der Waals surface area contributed by atoms with E-state index in [9.17, 15) is 4.79 Å². The van der Waals surface area contributed by atoms with Crippen LogP contribution in [0.1, 0.15) is 11.1 Å². The number of nitrogens with zero attached hydrogens (tertiary/aromatic N) is 2. The van der Waals surface area contributed by atoms with Crippen molar-refractivity contribution in [2.75, 3.05) is 0 Å². The first kappa shape index (κ1) is 14.2. The van der Waals surface area contributed by atoms with E-state index in [0.29, 0.717) is 11.3 Å². The van der Waals surface area contributed by atoms with Crippen LogP contribution in [0.3, 0.4) is 0 Å². The molecule has 0 saturated heterocycles. The van der Waals surface area contributed by atoms with Crippen molar-refractivity contribution in [3.05, 3.63) is 52.3 Å². The summed E-state index contributed by atoms with van der Waals surface area (Å²) < 4.78 is 6.53. The molecule has 1 aromatic carbocycles. The second-order valence-corrected chi connectivity index (χ2v) is 4.90. The van der Waals surface area contributed by atoms with E-state index in [1.165, 1.54) is 18.5 Å². The summed E-state index contributed by atoms with van der Waals surface area (Å²) in [6, 6.07) is 5.83. The zero-order valence-corrected chi connectivity index (χ0v) is 12.2. The molecule has 2 aromatic rings. The van der Waals surface area contributed by atoms with Crippen molar-refractivity contribution < 1.29 is 14.6 Å². The van der Waals surface area contributed by atoms with Crippen LogP contribution in [0.5, 0.6) is 11.8 Å². The van der Waals surface area contributed by atoms with Crippen LogP contribution in [-0.4, -0.2) is 21.0 Å². The average Bonchev–Trinajstić information content (AvgIpc) is 2.41. The fourth-order valence-corrected chi connectivity index (χ4v) is 1.93. The molecule has 5 nitrogen and oxygen atoms in total. The molecule has 0 saturated carbocycles. The lowest BCUT2D eigenvalue weighted by Gasteiger charge is -2.07. The normalized spacial score (nSPS) is 10.7. The molecule has 0 unspecified atom stereocenters. The number of aliphatic carboxylic acids is 1. The zero-order valence-electron chi connectivity index (χ0n) is 10.6. The van der Waals surface area contributed by atoms with Gasteiger partial charge in [0.15, 0.2) is 0 Å². The lowest BCUT2D eigenvalue weighted by atomic mass is 10.2. The molecule has 2 rings (SSSR count). The van der Waals surface area contributed by atoms with Crippen LogP contribution >= 0.6 is 15.9 Å². The number of hydrogen-bond donors (Lipinski definition) is 1. The molecule has 102 valence electrons. The molecule has 0 aliphatic carbocycles. The minimum atomic E-state index is -1.02. The predicted octanol–water partition coefficient (Wildman–Crippen LogP) is 3.44. The van der Waals surface area contributed by atoms with Gasteiger partial charge in [0.1, 0.15) is 5.75 Å². The minimum Gasteiger partial charge on any atom is -0.478 e. The Kier molecular flexibility index (Phi) is 4.47. The fraction of sp³-hybridized carbons (Fsp3) is 0.0714. The van der Waals surface area contributed by atoms with E-state index in [1.54, 1.807) is 0 Å². The highest BCUT2D eigenvalue weighted by Gasteiger charge is 2.04. The standard InChI is InChI=1S/C14H11BrN2O3/c1-9-6-11(15)3-4-12(9)20-14-16-7-10(8-17-14)2-5-13(18)19/h2-8H,1H3,(H,18,19)/b5-2+. The Morgan fingerprint density at radius 1 is 1.35 bits per heavy atom. The van der Waals surface area contributed by atoms with E-state index >= 15 is 0 Å². The van der Waals surface area contributed by atoms with Gasteiger partial charge in [-0.3, -0.25) is 0 Å². The van der Waals surface area contributed by atoms with Crippen LogP contribution in [-0.2, 0) is 4.79 Å². The van der Waals surface area contributed by atoms with E-state index in [2.05, 4.69) is 25.9 Å². The van der Waals surface area contributed by atoms with E-state index in [4.69, 9.17) is 9.84 Å². The molecule has 1 N–H and O–H groups in total. The SMILES string of the molecule is Cc1cc(Br)ccc1Oc1ncc(/C=C/C(=O)O)cn1. The molecule has 0 aliphatic heterocycles. The molecule has 0 fully saturated rings. The topological polar surface area (TPSA) is 72.3 Å². The van der Waals surface area contributed by atoms with Crippen molar-refractivity contribution in [1.29, 1.82) is 0 Å². The van der Waals surface area contributed by atoms with Gasteiger partial charge in [-0.25, -0.2) is 14.8 Å². The van der Waals surface area contributed by atoms with Crippen molar-refractivity contribution in [3.8, 4) is 11.8 Å². The number of halogens is 1. The maximum Gasteiger partial charge on any atom is 0.328 e. The summed E-state index contributed by atoms with van der Waals surface area (Å²) in [5.41, 5.74) is 1.55. The number of aromatic nitrogens is 2. The van der Waals surface area contributed by atoms with Gasteiger partial charge < -0.3 is 9.84 Å². The Bertz CT molecular complexity index is 654. The van der Waals surface area contributed by atoms with Crippen LogP contribution in [0.25, 0.3) is 6.08 Å². The van der Waals surface area contributed by atoms with Crippen molar-refractivity contribution in [2.24, 2.45) is 0 Å². The number of ether oxygens (including phenoxy) is 1. The fourth-order valence-electron chi connectivity index (χ4n) is 1.46. The molecule has 1 heterocycles. The van der Waals surface area contributed by atoms with Crippen molar-refractivity contribution >= 4 is 28.0 Å². The highest BCUT2D eigenvalue weighted by molar-refractivity contribution is 9.10. The quantitative estimate of drug-likeness (QED) is 0.867. The first-order valence-corrected chi connectivity index (χ1v) is 6.51. The number of carbonyl (C=O) groups is 1. The van der Waals surface area contributed by atoms with E-state index in [1.807, 2.05) is 25.1 Å². The minimum absolute atomic E-state index is 0.211. The third-order valence-electron chi connectivity index (χ3n) is 2.40. The summed E-state index contributed by atoms with van der Waals surface area (Å²) in [6.45, 7) is 1.92. The predicted molar refractivity (Wildman–Crippen MR) is 77.7 cm³/mol. The van der Waals surface area contributed by atoms with Gasteiger partial charge in [0.05, 0.1) is 0 Å². The molecule has 1 aromatic heterocycles. The molecule has 6 heteroatoms. The number of aryl methyl sites for hydroxylation is 1. The summed E-state index contributed by atoms with van der Waals surface area (Å²) in [6.07, 6.45) is 5.43. The molecular weight excluding hydrogens is 324 g/mol. The summed E-state index contributed by atoms with van der Waals surface area (Å²) in [4.78, 5) is 18.4. The van der Waals surface area contributed by atoms with Crippen LogP contribution in [0.4, 0.5) is 0 Å². The van der Waals surface area contributed by atoms with Gasteiger partial charge in [-0.2, -0.15) is 0 Å². The Morgan fingerprint density at radius 2 is 2.05 bits per heavy atom. The Morgan fingerprint density at radius 3 is 2.65 bits per heavy atom. The molecule has 0 spiro atoms. The Labute approximate surface area is 124 Å². The maximum atomic E-state index is 10.4. The summed E-state index contributed by atoms with van der Waals surface area (Å²) in [5.74, 6) is -0.349. The maximum absolute atomic E-state index is 10.4. The molecule has 0 aliphatic rings. The first-order valence-electron chi connectivity index (χ1n) is 5.71. The van der Waals surface area contributed by atoms with Crippen LogP contribution in [0.15, 0.2) is 41.1 Å². The van der Waals surface area contributed by atoms with Crippen LogP contribution in [0, 0.1) is 6.92 Å². The van der Waals surface area contributed by atoms with Crippen LogP contribution in [0.2, 0.25) is 0 Å². The number of rotatable bonds is 4. The number of benzene rings is 1. The Hall–Kier alpha value is -2.21. The van der Waals surface area contributed by atoms with Gasteiger partial charge in [-0.1, -0.05) is 15.9 Å². The van der Waals surface area contributed by atoms with Crippen molar-refractivity contribution in [3.63, 3.8) is 0 Å². The highest BCUT2D eigenvalue weighted by atomic mass is 79.9. The second kappa shape index (κ2) is 6.29. The molecule has 0 radical (unpaired) electrons. The summed E-state index contributed by atoms with van der Waals surface area (Å²) in [7, 11) is 0. The largest absolute Gasteiger partial charge is 0.478 e. The van der Waals surface area contributed by atoms with Crippen molar-refractivity contribution in [2.45, 2.75) is 6.92 Å². The van der Waals surface area contributed by atoms with Gasteiger partial charge >= 0.3 is 12.0 Å². The molecule has 0 bridgehead atoms. The van der Waals surface area contributed by atoms with Gasteiger partial charge in [-0.05, 0) is 36.8 Å². The smallest absolute Gasteiger partial charge is 0.328 e. The summed E-state index contributed by atoms with van der Waals surface area (Å²) in [5, 5.41) is 8.52. The molecule has 20 heavy (non-hydrogen) atoms. The molecule has 0 atom stereocenters. The van der Waals surface area contributed by atoms with Crippen molar-refractivity contribution in [1.82, 2.24) is 9.97 Å². The van der Waals surface area contributed by atoms with E-state index in [-0.39, 0.29) is 6.01 Å². The van der Waals surface area contributed by atoms with E-state index in [0.717, 1.165) is 16.1 Å². The lowest BCUT2D eigenvalue weighted by molar-refractivity contribution is -0.131. The third-order valence-corrected chi connectivity index (χ3v) is 2.90. The van der Waals surface area contributed by atoms with E-state index < -0.39 is 5.97 Å². The summed E-state index contributed by atoms with van der Waals surface area (Å²) >= 11 is 3.38. The number of carboxylic acids is 1. The van der Waals surface area contributed by atoms with Gasteiger partial charge in [0.2, 0.25) is 0 Å². The average molecular weight is 335 g/mol. The zero-order chi connectivity index (χ0) is 14.5. The monoisotopic (exact) mass is 334 g/mol. The molecule has 0 amide bonds. The van der Waals surface area contributed by atoms with Crippen LogP contribution < -0.4 is 4.74 Å². The van der Waals surface area contributed by atoms with Gasteiger partial charge in [-0.15, -0.1) is 0 Å². The third kappa shape index (κ3) is 3.89. The molecular formula is C14H11BrN2O3. The van der Waals surface area contributed by atoms with Gasteiger partial charge in [0, 0.05) is 28.5 Å². The highest BCUT2D eigenvalue weighted by Crippen LogP contribution is 2.25.